The Morgan fingerprint density at radius 1 is 1.40 bits per heavy atom. The quantitative estimate of drug-likeness (QED) is 0.602. The number of nitrogens with two attached hydrogens (primary N) is 1. The molecule has 0 radical (unpaired) electrons. The second-order valence-corrected chi connectivity index (χ2v) is 7.72. The fraction of sp³-hybridized carbons (Fsp3) is 0.524. The summed E-state index contributed by atoms with van der Waals surface area (Å²) in [6.45, 7) is 4.74. The number of aryl methyl sites for hydroxylation is 2. The lowest BCUT2D eigenvalue weighted by molar-refractivity contribution is -0.123. The number of nitrogens with zero attached hydrogens (tertiary/aromatic N) is 3. The average Bonchev–Trinajstić information content (AvgIpc) is 3.21. The van der Waals surface area contributed by atoms with Crippen molar-refractivity contribution >= 4 is 11.8 Å². The lowest BCUT2D eigenvalue weighted by Crippen LogP contribution is -2.42. The molecule has 1 fully saturated rings. The van der Waals surface area contributed by atoms with Crippen molar-refractivity contribution < 1.29 is 18.5 Å². The maximum atomic E-state index is 13.4. The van der Waals surface area contributed by atoms with E-state index >= 15 is 0 Å². The summed E-state index contributed by atoms with van der Waals surface area (Å²) in [5.74, 6) is 0.0867. The summed E-state index contributed by atoms with van der Waals surface area (Å²) in [6, 6.07) is 4.62. The van der Waals surface area contributed by atoms with Crippen molar-refractivity contribution in [2.45, 2.75) is 39.0 Å². The normalized spacial score (nSPS) is 17.1. The number of primary amides is 1. The lowest BCUT2D eigenvalue weighted by atomic mass is 9.97. The van der Waals surface area contributed by atoms with Crippen LogP contribution in [0.25, 0.3) is 11.4 Å². The number of hydrogen-bond acceptors (Lipinski definition) is 6. The Hall–Kier alpha value is -2.81. The fourth-order valence-corrected chi connectivity index (χ4v) is 3.59. The molecule has 3 N–H and O–H groups in total. The highest BCUT2D eigenvalue weighted by atomic mass is 19.1. The van der Waals surface area contributed by atoms with Gasteiger partial charge in [-0.25, -0.2) is 4.39 Å². The number of benzene rings is 1. The van der Waals surface area contributed by atoms with Crippen molar-refractivity contribution in [1.82, 2.24) is 20.4 Å². The number of aromatic nitrogens is 2. The Morgan fingerprint density at radius 3 is 3.00 bits per heavy atom. The second-order valence-electron chi connectivity index (χ2n) is 7.72. The maximum Gasteiger partial charge on any atom is 0.227 e. The first kappa shape index (κ1) is 21.9. The molecule has 1 aliphatic heterocycles. The average molecular weight is 417 g/mol. The third kappa shape index (κ3) is 6.09. The van der Waals surface area contributed by atoms with Crippen molar-refractivity contribution in [3.8, 4) is 11.4 Å². The van der Waals surface area contributed by atoms with Gasteiger partial charge in [-0.1, -0.05) is 5.16 Å². The molecular formula is C21H28FN5O3. The summed E-state index contributed by atoms with van der Waals surface area (Å²) in [7, 11) is 0. The zero-order chi connectivity index (χ0) is 21.5. The molecule has 2 amide bonds. The molecule has 9 heteroatoms. The molecule has 1 aromatic carbocycles. The Bertz CT molecular complexity index is 885. The smallest absolute Gasteiger partial charge is 0.227 e. The molecule has 1 aromatic heterocycles. The van der Waals surface area contributed by atoms with Crippen molar-refractivity contribution in [2.24, 2.45) is 11.7 Å². The number of likely N-dealkylation sites (tertiary alicyclic amines) is 1. The van der Waals surface area contributed by atoms with Gasteiger partial charge in [0.25, 0.3) is 0 Å². The van der Waals surface area contributed by atoms with Crippen LogP contribution in [0.1, 0.15) is 37.1 Å². The van der Waals surface area contributed by atoms with Gasteiger partial charge in [0.2, 0.25) is 23.5 Å². The summed E-state index contributed by atoms with van der Waals surface area (Å²) < 4.78 is 18.6. The summed E-state index contributed by atoms with van der Waals surface area (Å²) in [5.41, 5.74) is 6.58. The SMILES string of the molecule is Cc1cc(-c2noc(CCC(=O)NCCCN3CCCC(C(N)=O)C3)n2)ccc1F. The molecule has 162 valence electrons. The highest BCUT2D eigenvalue weighted by molar-refractivity contribution is 5.77. The van der Waals surface area contributed by atoms with E-state index in [0.717, 1.165) is 32.4 Å². The lowest BCUT2D eigenvalue weighted by Gasteiger charge is -2.31. The van der Waals surface area contributed by atoms with E-state index in [2.05, 4.69) is 20.4 Å². The molecular weight excluding hydrogens is 389 g/mol. The monoisotopic (exact) mass is 417 g/mol. The van der Waals surface area contributed by atoms with Crippen LogP contribution in [0.5, 0.6) is 0 Å². The topological polar surface area (TPSA) is 114 Å². The number of rotatable bonds is 9. The highest BCUT2D eigenvalue weighted by Gasteiger charge is 2.23. The Morgan fingerprint density at radius 2 is 2.23 bits per heavy atom. The molecule has 3 rings (SSSR count). The van der Waals surface area contributed by atoms with Crippen LogP contribution in [-0.4, -0.2) is 53.0 Å². The molecule has 1 unspecified atom stereocenters. The van der Waals surface area contributed by atoms with E-state index in [0.29, 0.717) is 42.4 Å². The number of nitrogens with one attached hydrogen (secondary N) is 1. The first-order chi connectivity index (χ1) is 14.4. The number of halogens is 1. The predicted octanol–water partition coefficient (Wildman–Crippen LogP) is 1.82. The van der Waals surface area contributed by atoms with E-state index in [9.17, 15) is 14.0 Å². The van der Waals surface area contributed by atoms with Gasteiger partial charge in [0.05, 0.1) is 5.92 Å². The van der Waals surface area contributed by atoms with Crippen LogP contribution in [-0.2, 0) is 16.0 Å². The first-order valence-corrected chi connectivity index (χ1v) is 10.3. The fourth-order valence-electron chi connectivity index (χ4n) is 3.59. The van der Waals surface area contributed by atoms with Crippen molar-refractivity contribution in [1.29, 1.82) is 0 Å². The van der Waals surface area contributed by atoms with Crippen LogP contribution in [0.2, 0.25) is 0 Å². The van der Waals surface area contributed by atoms with Gasteiger partial charge in [-0.3, -0.25) is 9.59 Å². The molecule has 1 saturated heterocycles. The predicted molar refractivity (Wildman–Crippen MR) is 109 cm³/mol. The van der Waals surface area contributed by atoms with Gasteiger partial charge >= 0.3 is 0 Å². The van der Waals surface area contributed by atoms with E-state index in [1.54, 1.807) is 19.1 Å². The van der Waals surface area contributed by atoms with Crippen molar-refractivity contribution in [3.05, 3.63) is 35.5 Å². The largest absolute Gasteiger partial charge is 0.369 e. The maximum absolute atomic E-state index is 13.4. The van der Waals surface area contributed by atoms with Crippen LogP contribution < -0.4 is 11.1 Å². The van der Waals surface area contributed by atoms with E-state index in [1.807, 2.05) is 0 Å². The molecule has 0 aliphatic carbocycles. The summed E-state index contributed by atoms with van der Waals surface area (Å²) in [6.07, 6.45) is 3.24. The molecule has 1 atom stereocenters. The van der Waals surface area contributed by atoms with Crippen molar-refractivity contribution in [3.63, 3.8) is 0 Å². The van der Waals surface area contributed by atoms with Gasteiger partial charge in [0, 0.05) is 31.5 Å². The minimum Gasteiger partial charge on any atom is -0.369 e. The molecule has 30 heavy (non-hydrogen) atoms. The minimum absolute atomic E-state index is 0.0635. The zero-order valence-corrected chi connectivity index (χ0v) is 17.2. The van der Waals surface area contributed by atoms with Crippen LogP contribution in [0, 0.1) is 18.7 Å². The number of carbonyl (C=O) groups is 2. The Kier molecular flexibility index (Phi) is 7.51. The second kappa shape index (κ2) is 10.3. The van der Waals surface area contributed by atoms with E-state index in [-0.39, 0.29) is 30.0 Å². The van der Waals surface area contributed by atoms with Gasteiger partial charge in [0.1, 0.15) is 5.82 Å². The number of amides is 2. The molecule has 8 nitrogen and oxygen atoms in total. The first-order valence-electron chi connectivity index (χ1n) is 10.3. The zero-order valence-electron chi connectivity index (χ0n) is 17.2. The number of hydrogen-bond donors (Lipinski definition) is 2. The van der Waals surface area contributed by atoms with Gasteiger partial charge in [0.15, 0.2) is 0 Å². The van der Waals surface area contributed by atoms with E-state index in [4.69, 9.17) is 10.3 Å². The summed E-state index contributed by atoms with van der Waals surface area (Å²) >= 11 is 0. The van der Waals surface area contributed by atoms with Crippen LogP contribution in [0.15, 0.2) is 22.7 Å². The van der Waals surface area contributed by atoms with Gasteiger partial charge in [-0.15, -0.1) is 0 Å². The molecule has 0 bridgehead atoms. The molecule has 0 saturated carbocycles. The summed E-state index contributed by atoms with van der Waals surface area (Å²) in [5, 5.41) is 6.79. The third-order valence-corrected chi connectivity index (χ3v) is 5.33. The number of piperidine rings is 1. The Labute approximate surface area is 175 Å². The van der Waals surface area contributed by atoms with E-state index in [1.165, 1.54) is 6.07 Å². The van der Waals surface area contributed by atoms with Crippen LogP contribution in [0.4, 0.5) is 4.39 Å². The van der Waals surface area contributed by atoms with Crippen LogP contribution >= 0.6 is 0 Å². The van der Waals surface area contributed by atoms with Gasteiger partial charge in [-0.05, 0) is 63.0 Å². The highest BCUT2D eigenvalue weighted by Crippen LogP contribution is 2.19. The van der Waals surface area contributed by atoms with Gasteiger partial charge in [-0.2, -0.15) is 4.98 Å². The molecule has 1 aliphatic rings. The third-order valence-electron chi connectivity index (χ3n) is 5.33. The molecule has 2 aromatic rings. The molecule has 2 heterocycles. The minimum atomic E-state index is -0.285. The standard InChI is InChI=1S/C21H28FN5O3/c1-14-12-15(5-6-17(14)22)21-25-19(30-26-21)8-7-18(28)24-9-3-11-27-10-2-4-16(13-27)20(23)29/h5-6,12,16H,2-4,7-11,13H2,1H3,(H2,23,29)(H,24,28). The number of carbonyl (C=O) groups excluding carboxylic acids is 2. The van der Waals surface area contributed by atoms with Crippen molar-refractivity contribution in [2.75, 3.05) is 26.2 Å². The molecule has 0 spiro atoms. The van der Waals surface area contributed by atoms with Gasteiger partial charge < -0.3 is 20.5 Å². The van der Waals surface area contributed by atoms with E-state index < -0.39 is 0 Å². The Balaban J connectivity index is 1.35. The van der Waals surface area contributed by atoms with Crippen LogP contribution in [0.3, 0.4) is 0 Å². The summed E-state index contributed by atoms with van der Waals surface area (Å²) in [4.78, 5) is 29.9.